The molecule has 0 bridgehead atoms. The van der Waals surface area contributed by atoms with Crippen molar-refractivity contribution in [3.05, 3.63) is 28.0 Å². The van der Waals surface area contributed by atoms with Gasteiger partial charge in [-0.2, -0.15) is 13.2 Å². The Bertz CT molecular complexity index is 341. The van der Waals surface area contributed by atoms with E-state index in [4.69, 9.17) is 5.73 Å². The zero-order valence-electron chi connectivity index (χ0n) is 5.77. The van der Waals surface area contributed by atoms with E-state index in [1.165, 1.54) is 0 Å². The molecule has 1 rings (SSSR count). The average molecular weight is 178 g/mol. The summed E-state index contributed by atoms with van der Waals surface area (Å²) < 4.78 is 35.8. The van der Waals surface area contributed by atoms with Crippen molar-refractivity contribution >= 4 is 5.82 Å². The van der Waals surface area contributed by atoms with Crippen molar-refractivity contribution in [1.29, 1.82) is 0 Å². The summed E-state index contributed by atoms with van der Waals surface area (Å²) in [4.78, 5) is 12.5. The Kier molecular flexibility index (Phi) is 1.83. The fourth-order valence-corrected chi connectivity index (χ4v) is 0.729. The minimum absolute atomic E-state index is 0.296. The summed E-state index contributed by atoms with van der Waals surface area (Å²) in [6, 6.07) is 1.12. The van der Waals surface area contributed by atoms with Crippen LogP contribution < -0.4 is 11.3 Å². The van der Waals surface area contributed by atoms with Gasteiger partial charge in [-0.15, -0.1) is 0 Å². The first kappa shape index (κ1) is 8.63. The van der Waals surface area contributed by atoms with E-state index in [0.717, 1.165) is 0 Å². The van der Waals surface area contributed by atoms with Gasteiger partial charge in [-0.3, -0.25) is 4.79 Å². The molecule has 3 nitrogen and oxygen atoms in total. The van der Waals surface area contributed by atoms with Gasteiger partial charge in [0.25, 0.3) is 0 Å². The Hall–Kier alpha value is -1.46. The summed E-state index contributed by atoms with van der Waals surface area (Å²) in [5.74, 6) is -0.296. The van der Waals surface area contributed by atoms with Crippen LogP contribution in [-0.4, -0.2) is 4.98 Å². The number of H-pyrrole nitrogens is 1. The number of nitrogens with one attached hydrogen (secondary N) is 1. The minimum atomic E-state index is -4.53. The second-order valence-corrected chi connectivity index (χ2v) is 2.19. The maximum atomic E-state index is 11.9. The maximum absolute atomic E-state index is 11.9. The van der Waals surface area contributed by atoms with E-state index in [2.05, 4.69) is 0 Å². The van der Waals surface area contributed by atoms with Gasteiger partial charge >= 0.3 is 6.18 Å². The van der Waals surface area contributed by atoms with E-state index >= 15 is 0 Å². The molecule has 12 heavy (non-hydrogen) atoms. The molecule has 1 aromatic rings. The smallest absolute Gasteiger partial charge is 0.385 e. The van der Waals surface area contributed by atoms with Gasteiger partial charge < -0.3 is 10.7 Å². The molecule has 0 fully saturated rings. The molecule has 6 heteroatoms. The quantitative estimate of drug-likeness (QED) is 0.622. The number of pyridine rings is 1. The lowest BCUT2D eigenvalue weighted by Crippen LogP contribution is -2.14. The molecule has 0 aromatic carbocycles. The Morgan fingerprint density at radius 3 is 2.33 bits per heavy atom. The summed E-state index contributed by atoms with van der Waals surface area (Å²) >= 11 is 0. The highest BCUT2D eigenvalue weighted by atomic mass is 19.4. The van der Waals surface area contributed by atoms with Gasteiger partial charge in [0.2, 0.25) is 5.56 Å². The predicted octanol–water partition coefficient (Wildman–Crippen LogP) is 0.976. The average Bonchev–Trinajstić information content (AvgIpc) is 1.82. The van der Waals surface area contributed by atoms with Crippen molar-refractivity contribution in [1.82, 2.24) is 4.98 Å². The highest BCUT2D eigenvalue weighted by molar-refractivity contribution is 5.33. The van der Waals surface area contributed by atoms with E-state index in [1.54, 1.807) is 0 Å². The van der Waals surface area contributed by atoms with Crippen molar-refractivity contribution < 1.29 is 13.2 Å². The number of nitrogen functional groups attached to an aromatic ring is 1. The van der Waals surface area contributed by atoms with Gasteiger partial charge in [0.15, 0.2) is 0 Å². The number of alkyl halides is 3. The molecule has 0 aliphatic carbocycles. The van der Waals surface area contributed by atoms with E-state index in [1.807, 2.05) is 4.98 Å². The fourth-order valence-electron chi connectivity index (χ4n) is 0.729. The van der Waals surface area contributed by atoms with Crippen LogP contribution in [0.25, 0.3) is 0 Å². The lowest BCUT2D eigenvalue weighted by Gasteiger charge is -2.05. The van der Waals surface area contributed by atoms with Gasteiger partial charge in [-0.1, -0.05) is 0 Å². The first-order valence-corrected chi connectivity index (χ1v) is 2.96. The normalized spacial score (nSPS) is 11.6. The molecule has 0 saturated heterocycles. The number of rotatable bonds is 0. The van der Waals surface area contributed by atoms with Crippen LogP contribution in [0.3, 0.4) is 0 Å². The first-order valence-electron chi connectivity index (χ1n) is 2.96. The number of aromatic amines is 1. The second kappa shape index (κ2) is 2.54. The molecule has 66 valence electrons. The topological polar surface area (TPSA) is 58.9 Å². The van der Waals surface area contributed by atoms with Gasteiger partial charge in [0, 0.05) is 6.07 Å². The molecular weight excluding hydrogens is 173 g/mol. The summed E-state index contributed by atoms with van der Waals surface area (Å²) in [6.45, 7) is 0. The number of aromatic nitrogens is 1. The number of anilines is 1. The Labute approximate surface area is 65.0 Å². The number of hydrogen-bond acceptors (Lipinski definition) is 2. The van der Waals surface area contributed by atoms with Crippen LogP contribution in [-0.2, 0) is 6.18 Å². The van der Waals surface area contributed by atoms with Crippen molar-refractivity contribution in [2.24, 2.45) is 0 Å². The zero-order valence-corrected chi connectivity index (χ0v) is 5.77. The molecule has 1 aromatic heterocycles. The molecule has 0 amide bonds. The minimum Gasteiger partial charge on any atom is -0.385 e. The third kappa shape index (κ3) is 1.77. The lowest BCUT2D eigenvalue weighted by molar-refractivity contribution is -0.137. The Morgan fingerprint density at radius 2 is 1.92 bits per heavy atom. The molecule has 0 saturated carbocycles. The molecule has 0 radical (unpaired) electrons. The molecule has 0 unspecified atom stereocenters. The van der Waals surface area contributed by atoms with E-state index in [-0.39, 0.29) is 5.82 Å². The molecule has 0 aliphatic heterocycles. The predicted molar refractivity (Wildman–Crippen MR) is 36.5 cm³/mol. The summed E-state index contributed by atoms with van der Waals surface area (Å²) in [7, 11) is 0. The molecule has 0 aliphatic rings. The third-order valence-corrected chi connectivity index (χ3v) is 1.19. The second-order valence-electron chi connectivity index (χ2n) is 2.19. The van der Waals surface area contributed by atoms with E-state index in [0.29, 0.717) is 12.1 Å². The van der Waals surface area contributed by atoms with Gasteiger partial charge in [-0.05, 0) is 6.07 Å². The van der Waals surface area contributed by atoms with Crippen LogP contribution >= 0.6 is 0 Å². The summed E-state index contributed by atoms with van der Waals surface area (Å²) in [5, 5.41) is 0. The molecule has 1 heterocycles. The van der Waals surface area contributed by atoms with Crippen molar-refractivity contribution in [3.8, 4) is 0 Å². The van der Waals surface area contributed by atoms with Gasteiger partial charge in [0.05, 0.1) is 5.56 Å². The first-order chi connectivity index (χ1) is 5.39. The van der Waals surface area contributed by atoms with Crippen molar-refractivity contribution in [2.45, 2.75) is 6.18 Å². The van der Waals surface area contributed by atoms with E-state index in [9.17, 15) is 18.0 Å². The molecular formula is C6H5F3N2O. The van der Waals surface area contributed by atoms with Crippen LogP contribution in [0.4, 0.5) is 19.0 Å². The highest BCUT2D eigenvalue weighted by Gasteiger charge is 2.31. The number of halogens is 3. The van der Waals surface area contributed by atoms with E-state index < -0.39 is 17.3 Å². The zero-order chi connectivity index (χ0) is 9.35. The molecule has 3 N–H and O–H groups in total. The van der Waals surface area contributed by atoms with Crippen LogP contribution in [0.2, 0.25) is 0 Å². The van der Waals surface area contributed by atoms with Crippen LogP contribution in [0.5, 0.6) is 0 Å². The van der Waals surface area contributed by atoms with Crippen LogP contribution in [0, 0.1) is 0 Å². The standard InChI is InChI=1S/C6H5F3N2O/c7-6(8,9)3-1-4(10)11-5(12)2-3/h1-2H,(H3,10,11,12). The van der Waals surface area contributed by atoms with Crippen molar-refractivity contribution in [2.75, 3.05) is 5.73 Å². The van der Waals surface area contributed by atoms with Crippen LogP contribution in [0.1, 0.15) is 5.56 Å². The Balaban J connectivity index is 3.27. The number of nitrogens with two attached hydrogens (primary N) is 1. The fraction of sp³-hybridized carbons (Fsp3) is 0.167. The van der Waals surface area contributed by atoms with Gasteiger partial charge in [-0.25, -0.2) is 0 Å². The largest absolute Gasteiger partial charge is 0.416 e. The number of hydrogen-bond donors (Lipinski definition) is 2. The SMILES string of the molecule is Nc1cc(C(F)(F)F)cc(=O)[nH]1. The Morgan fingerprint density at radius 1 is 1.33 bits per heavy atom. The summed E-state index contributed by atoms with van der Waals surface area (Å²) in [5.41, 5.74) is 3.10. The molecule has 0 spiro atoms. The van der Waals surface area contributed by atoms with Crippen LogP contribution in [0.15, 0.2) is 16.9 Å². The van der Waals surface area contributed by atoms with Crippen molar-refractivity contribution in [3.63, 3.8) is 0 Å². The van der Waals surface area contributed by atoms with Gasteiger partial charge in [0.1, 0.15) is 5.82 Å². The molecule has 0 atom stereocenters. The third-order valence-electron chi connectivity index (χ3n) is 1.19. The summed E-state index contributed by atoms with van der Waals surface area (Å²) in [6.07, 6.45) is -4.53. The lowest BCUT2D eigenvalue weighted by atomic mass is 10.2. The highest BCUT2D eigenvalue weighted by Crippen LogP contribution is 2.28. The monoisotopic (exact) mass is 178 g/mol. The maximum Gasteiger partial charge on any atom is 0.416 e.